The van der Waals surface area contributed by atoms with E-state index in [1.165, 1.54) is 16.7 Å². The smallest absolute Gasteiger partial charge is 0.270 e. The standard InChI is InChI=1S/C49H56N10O6S/c1-30-44(50)49(29-65-30)15-19-58(20-16-49)40-25-53-43(26-52-40)66-35-6-4-5-34(22-35)55-42(61)14-18-57-17-13-37(48(2,3)28-57)32-8-10-38(51-24-32)45(62)54-23-31-7-9-36-33(21-31)27-59(47(36)64)39-11-12-41(60)56-46(39)63/h4-10,13,21-22,24-26,30,39,44H,11-12,14-20,23,27-29,50H2,1-3H3,(H,54,62)(H,55,61)(H,56,60,63)/t30-,39?,44+/m0/s1. The van der Waals surface area contributed by atoms with Gasteiger partial charge in [-0.15, -0.1) is 0 Å². The Kier molecular flexibility index (Phi) is 12.8. The van der Waals surface area contributed by atoms with Crippen molar-refractivity contribution in [3.63, 3.8) is 0 Å². The zero-order chi connectivity index (χ0) is 46.2. The van der Waals surface area contributed by atoms with E-state index in [-0.39, 0.29) is 71.8 Å². The number of nitrogens with one attached hydrogen (secondary N) is 3. The van der Waals surface area contributed by atoms with Crippen LogP contribution >= 0.6 is 11.8 Å². The molecule has 7 heterocycles. The van der Waals surface area contributed by atoms with Crippen LogP contribution in [0.3, 0.4) is 0 Å². The van der Waals surface area contributed by atoms with Crippen LogP contribution in [0.15, 0.2) is 89.2 Å². The number of anilines is 2. The summed E-state index contributed by atoms with van der Waals surface area (Å²) in [6.45, 7) is 11.4. The molecule has 3 atom stereocenters. The van der Waals surface area contributed by atoms with Crippen LogP contribution in [0.1, 0.15) is 90.4 Å². The maximum atomic E-state index is 13.2. The average molecular weight is 913 g/mol. The lowest BCUT2D eigenvalue weighted by molar-refractivity contribution is -0.137. The first kappa shape index (κ1) is 45.2. The second kappa shape index (κ2) is 18.7. The quantitative estimate of drug-likeness (QED) is 0.141. The molecule has 0 aliphatic carbocycles. The number of aromatic nitrogens is 3. The maximum absolute atomic E-state index is 13.2. The number of pyridine rings is 1. The third kappa shape index (κ3) is 9.61. The number of rotatable bonds is 12. The van der Waals surface area contributed by atoms with Crippen LogP contribution in [0.25, 0.3) is 5.57 Å². The molecule has 5 aliphatic rings. The molecule has 16 nitrogen and oxygen atoms in total. The number of nitrogens with two attached hydrogens (primary N) is 1. The number of carbonyl (C=O) groups excluding carboxylic acids is 5. The van der Waals surface area contributed by atoms with Crippen molar-refractivity contribution in [2.45, 2.75) is 94.1 Å². The van der Waals surface area contributed by atoms with Crippen molar-refractivity contribution >= 4 is 58.4 Å². The summed E-state index contributed by atoms with van der Waals surface area (Å²) in [5, 5.41) is 9.10. The second-order valence-electron chi connectivity index (χ2n) is 18.8. The Morgan fingerprint density at radius 1 is 1.00 bits per heavy atom. The topological polar surface area (TPSA) is 205 Å². The van der Waals surface area contributed by atoms with Gasteiger partial charge in [-0.25, -0.2) is 9.97 Å². The van der Waals surface area contributed by atoms with Gasteiger partial charge in [0, 0.05) is 97.9 Å². The van der Waals surface area contributed by atoms with E-state index in [2.05, 4.69) is 57.6 Å². The lowest BCUT2D eigenvalue weighted by Crippen LogP contribution is -2.52. The van der Waals surface area contributed by atoms with E-state index in [9.17, 15) is 24.0 Å². The van der Waals surface area contributed by atoms with Crippen LogP contribution in [0.4, 0.5) is 11.5 Å². The predicted octanol–water partition coefficient (Wildman–Crippen LogP) is 4.80. The molecule has 66 heavy (non-hydrogen) atoms. The molecule has 2 aromatic carbocycles. The molecule has 5 aliphatic heterocycles. The average Bonchev–Trinajstić information content (AvgIpc) is 3.77. The van der Waals surface area contributed by atoms with E-state index in [1.54, 1.807) is 30.6 Å². The lowest BCUT2D eigenvalue weighted by Gasteiger charge is -2.41. The summed E-state index contributed by atoms with van der Waals surface area (Å²) in [6.07, 6.45) is 10.5. The van der Waals surface area contributed by atoms with E-state index in [0.29, 0.717) is 31.5 Å². The fourth-order valence-electron chi connectivity index (χ4n) is 10.0. The van der Waals surface area contributed by atoms with Gasteiger partial charge in [-0.05, 0) is 78.8 Å². The summed E-state index contributed by atoms with van der Waals surface area (Å²) < 4.78 is 5.88. The van der Waals surface area contributed by atoms with Gasteiger partial charge in [-0.2, -0.15) is 0 Å². The van der Waals surface area contributed by atoms with Gasteiger partial charge in [0.2, 0.25) is 17.7 Å². The molecule has 9 rings (SSSR count). The number of hydrogen-bond donors (Lipinski definition) is 4. The van der Waals surface area contributed by atoms with Crippen LogP contribution < -0.4 is 26.6 Å². The fourth-order valence-corrected chi connectivity index (χ4v) is 10.8. The maximum Gasteiger partial charge on any atom is 0.270 e. The number of benzene rings is 2. The largest absolute Gasteiger partial charge is 0.376 e. The molecular weight excluding hydrogens is 857 g/mol. The summed E-state index contributed by atoms with van der Waals surface area (Å²) in [4.78, 5) is 84.3. The first-order chi connectivity index (χ1) is 31.7. The number of fused-ring (bicyclic) bond motifs is 1. The van der Waals surface area contributed by atoms with Gasteiger partial charge in [0.1, 0.15) is 22.6 Å². The van der Waals surface area contributed by atoms with Gasteiger partial charge in [-0.3, -0.25) is 39.2 Å². The van der Waals surface area contributed by atoms with Crippen LogP contribution in [0.5, 0.6) is 0 Å². The molecule has 5 N–H and O–H groups in total. The number of amides is 5. The first-order valence-electron chi connectivity index (χ1n) is 22.7. The molecule has 4 aromatic rings. The third-order valence-electron chi connectivity index (χ3n) is 13.8. The number of ether oxygens (including phenoxy) is 1. The van der Waals surface area contributed by atoms with E-state index >= 15 is 0 Å². The SMILES string of the molecule is C[C@@H]1OCC2(CCN(c3cnc(Sc4cccc(NC(=O)CCN5CC=C(c6ccc(C(=O)NCc7ccc8c(c7)CN(C7CCC(=O)NC7=O)C8=O)nc6)C(C)(C)C5)c4)cn3)CC2)[C@@H]1N. The Morgan fingerprint density at radius 3 is 2.55 bits per heavy atom. The molecule has 1 unspecified atom stereocenters. The number of nitrogens with zero attached hydrogens (tertiary/aromatic N) is 6. The van der Waals surface area contributed by atoms with Crippen LogP contribution in [-0.2, 0) is 32.2 Å². The Labute approximate surface area is 388 Å². The first-order valence-corrected chi connectivity index (χ1v) is 23.5. The molecule has 0 saturated carbocycles. The Bertz CT molecular complexity index is 2560. The minimum absolute atomic E-state index is 0.0568. The molecule has 0 radical (unpaired) electrons. The Morgan fingerprint density at radius 2 is 1.83 bits per heavy atom. The summed E-state index contributed by atoms with van der Waals surface area (Å²) in [6, 6.07) is 16.2. The molecule has 1 spiro atoms. The van der Waals surface area contributed by atoms with E-state index in [0.717, 1.165) is 82.8 Å². The molecule has 2 aromatic heterocycles. The van der Waals surface area contributed by atoms with E-state index in [4.69, 9.17) is 20.4 Å². The predicted molar refractivity (Wildman–Crippen MR) is 249 cm³/mol. The Hall–Kier alpha value is -6.01. The molecule has 0 bridgehead atoms. The van der Waals surface area contributed by atoms with Gasteiger partial charge in [0.15, 0.2) is 0 Å². The van der Waals surface area contributed by atoms with Crippen LogP contribution in [0.2, 0.25) is 0 Å². The van der Waals surface area contributed by atoms with Crippen molar-refractivity contribution < 1.29 is 28.7 Å². The summed E-state index contributed by atoms with van der Waals surface area (Å²) >= 11 is 1.50. The van der Waals surface area contributed by atoms with Crippen molar-refractivity contribution in [1.29, 1.82) is 0 Å². The Balaban J connectivity index is 0.720. The zero-order valence-corrected chi connectivity index (χ0v) is 38.4. The lowest BCUT2D eigenvalue weighted by atomic mass is 9.73. The van der Waals surface area contributed by atoms with Crippen LogP contribution in [-0.4, -0.2) is 112 Å². The van der Waals surface area contributed by atoms with Crippen molar-refractivity contribution in [3.05, 3.63) is 107 Å². The number of piperidine rings is 2. The van der Waals surface area contributed by atoms with Crippen molar-refractivity contribution in [1.82, 2.24) is 35.4 Å². The molecule has 3 fully saturated rings. The van der Waals surface area contributed by atoms with Crippen LogP contribution in [0, 0.1) is 10.8 Å². The van der Waals surface area contributed by atoms with Gasteiger partial charge in [0.25, 0.3) is 11.8 Å². The highest BCUT2D eigenvalue weighted by molar-refractivity contribution is 7.99. The molecule has 5 amide bonds. The molecule has 344 valence electrons. The van der Waals surface area contributed by atoms with Gasteiger partial charge in [-0.1, -0.05) is 56.0 Å². The minimum Gasteiger partial charge on any atom is -0.376 e. The summed E-state index contributed by atoms with van der Waals surface area (Å²) in [5.41, 5.74) is 11.5. The van der Waals surface area contributed by atoms with Gasteiger partial charge < -0.3 is 30.9 Å². The summed E-state index contributed by atoms with van der Waals surface area (Å²) in [7, 11) is 0. The summed E-state index contributed by atoms with van der Waals surface area (Å²) in [5.74, 6) is -0.531. The highest BCUT2D eigenvalue weighted by Gasteiger charge is 2.47. The number of imide groups is 1. The number of hydrogen-bond acceptors (Lipinski definition) is 13. The number of carbonyl (C=O) groups is 5. The third-order valence-corrected chi connectivity index (χ3v) is 14.7. The van der Waals surface area contributed by atoms with E-state index < -0.39 is 11.9 Å². The highest BCUT2D eigenvalue weighted by atomic mass is 32.2. The highest BCUT2D eigenvalue weighted by Crippen LogP contribution is 2.42. The zero-order valence-electron chi connectivity index (χ0n) is 37.5. The molecule has 17 heteroatoms. The van der Waals surface area contributed by atoms with Crippen molar-refractivity contribution in [2.75, 3.05) is 49.5 Å². The fraction of sp³-hybridized carbons (Fsp3) is 0.429. The molecule has 3 saturated heterocycles. The minimum atomic E-state index is -0.683. The second-order valence-corrected chi connectivity index (χ2v) is 19.9. The normalized spacial score (nSPS) is 22.5. The monoisotopic (exact) mass is 912 g/mol. The van der Waals surface area contributed by atoms with E-state index in [1.807, 2.05) is 42.6 Å². The van der Waals surface area contributed by atoms with Crippen molar-refractivity contribution in [3.8, 4) is 0 Å². The van der Waals surface area contributed by atoms with Gasteiger partial charge >= 0.3 is 0 Å². The van der Waals surface area contributed by atoms with Gasteiger partial charge in [0.05, 0.1) is 25.1 Å². The van der Waals surface area contributed by atoms with Crippen molar-refractivity contribution in [2.24, 2.45) is 16.6 Å². The molecular formula is C49H56N10O6S.